The van der Waals surface area contributed by atoms with Gasteiger partial charge in [0.25, 0.3) is 0 Å². The molecular weight excluding hydrogens is 224 g/mol. The molecule has 0 atom stereocenters. The van der Waals surface area contributed by atoms with E-state index in [1.807, 2.05) is 60.3 Å². The lowest BCUT2D eigenvalue weighted by Crippen LogP contribution is -2.21. The minimum absolute atomic E-state index is 0.0792. The highest BCUT2D eigenvalue weighted by molar-refractivity contribution is 6.60. The Balaban J connectivity index is 2.40. The van der Waals surface area contributed by atoms with Crippen molar-refractivity contribution >= 4 is 20.5 Å². The zero-order valence-electron chi connectivity index (χ0n) is 9.39. The van der Waals surface area contributed by atoms with Gasteiger partial charge in [0.15, 0.2) is 5.78 Å². The van der Waals surface area contributed by atoms with Crippen LogP contribution >= 0.6 is 0 Å². The van der Waals surface area contributed by atoms with Gasteiger partial charge in [0.2, 0.25) is 0 Å². The Morgan fingerprint density at radius 1 is 1.00 bits per heavy atom. The lowest BCUT2D eigenvalue weighted by Gasteiger charge is -2.06. The van der Waals surface area contributed by atoms with Gasteiger partial charge in [-0.15, -0.1) is 12.3 Å². The minimum atomic E-state index is 0.0792. The lowest BCUT2D eigenvalue weighted by molar-refractivity contribution is 0.104. The molecule has 0 saturated carbocycles. The van der Waals surface area contributed by atoms with E-state index in [2.05, 4.69) is 6.58 Å². The highest BCUT2D eigenvalue weighted by atomic mass is 28.2. The molecule has 2 radical (unpaired) electrons. The number of carbonyl (C=O) groups is 1. The molecule has 0 fully saturated rings. The fraction of sp³-hybridized carbons (Fsp3) is 0. The Hall–Kier alpha value is -1.93. The fourth-order valence-corrected chi connectivity index (χ4v) is 2.43. The summed E-state index contributed by atoms with van der Waals surface area (Å²) in [7, 11) is 0.467. The van der Waals surface area contributed by atoms with Gasteiger partial charge in [-0.25, -0.2) is 0 Å². The van der Waals surface area contributed by atoms with Crippen LogP contribution < -0.4 is 5.19 Å². The van der Waals surface area contributed by atoms with Crippen molar-refractivity contribution < 1.29 is 4.79 Å². The van der Waals surface area contributed by atoms with Crippen molar-refractivity contribution in [2.75, 3.05) is 0 Å². The van der Waals surface area contributed by atoms with Crippen LogP contribution in [-0.2, 0) is 0 Å². The van der Waals surface area contributed by atoms with Crippen LogP contribution in [-0.4, -0.2) is 15.3 Å². The van der Waals surface area contributed by atoms with Crippen LogP contribution in [0.15, 0.2) is 66.9 Å². The zero-order chi connectivity index (χ0) is 12.1. The summed E-state index contributed by atoms with van der Waals surface area (Å²) in [5, 5.41) is 1.05. The average Bonchev–Trinajstić information content (AvgIpc) is 2.40. The molecule has 2 aromatic rings. The normalized spacial score (nSPS) is 9.88. The third-order valence-electron chi connectivity index (χ3n) is 2.47. The van der Waals surface area contributed by atoms with Crippen molar-refractivity contribution in [1.29, 1.82) is 0 Å². The van der Waals surface area contributed by atoms with Crippen molar-refractivity contribution in [2.24, 2.45) is 0 Å². The molecule has 82 valence electrons. The van der Waals surface area contributed by atoms with Crippen LogP contribution in [0.4, 0.5) is 0 Å². The summed E-state index contributed by atoms with van der Waals surface area (Å²) in [4.78, 5) is 12.3. The van der Waals surface area contributed by atoms with E-state index in [1.165, 1.54) is 0 Å². The largest absolute Gasteiger partial charge is 0.289 e. The quantitative estimate of drug-likeness (QED) is 0.588. The van der Waals surface area contributed by atoms with Gasteiger partial charge >= 0.3 is 0 Å². The summed E-state index contributed by atoms with van der Waals surface area (Å²) >= 11 is 0. The molecule has 0 aliphatic carbocycles. The second-order valence-electron chi connectivity index (χ2n) is 3.59. The van der Waals surface area contributed by atoms with E-state index in [1.54, 1.807) is 0 Å². The monoisotopic (exact) mass is 236 g/mol. The first-order valence-electron chi connectivity index (χ1n) is 5.39. The molecule has 2 heteroatoms. The van der Waals surface area contributed by atoms with Crippen LogP contribution in [0.1, 0.15) is 15.9 Å². The van der Waals surface area contributed by atoms with Crippen molar-refractivity contribution in [3.63, 3.8) is 0 Å². The van der Waals surface area contributed by atoms with Gasteiger partial charge in [-0.05, 0) is 5.19 Å². The van der Waals surface area contributed by atoms with Crippen molar-refractivity contribution in [3.8, 4) is 0 Å². The standard InChI is InChI=1S/C15H12OSi/c1-2-17-14-11-7-6-10-13(14)15(16)12-8-4-3-5-9-12/h2-11H,1H2. The summed E-state index contributed by atoms with van der Waals surface area (Å²) in [6.07, 6.45) is 0. The minimum Gasteiger partial charge on any atom is -0.289 e. The summed E-state index contributed by atoms with van der Waals surface area (Å²) < 4.78 is 0. The molecule has 0 unspecified atom stereocenters. The number of hydrogen-bond acceptors (Lipinski definition) is 1. The molecule has 17 heavy (non-hydrogen) atoms. The number of benzene rings is 2. The van der Waals surface area contributed by atoms with E-state index in [0.29, 0.717) is 9.52 Å². The molecule has 0 saturated heterocycles. The molecule has 2 rings (SSSR count). The molecule has 1 nitrogen and oxygen atoms in total. The van der Waals surface area contributed by atoms with Gasteiger partial charge in [0.1, 0.15) is 9.52 Å². The van der Waals surface area contributed by atoms with Crippen LogP contribution in [0.5, 0.6) is 0 Å². The Morgan fingerprint density at radius 3 is 2.35 bits per heavy atom. The van der Waals surface area contributed by atoms with Crippen LogP contribution in [0, 0.1) is 0 Å². The van der Waals surface area contributed by atoms with Crippen molar-refractivity contribution in [3.05, 3.63) is 78.0 Å². The van der Waals surface area contributed by atoms with E-state index in [-0.39, 0.29) is 5.78 Å². The second-order valence-corrected chi connectivity index (χ2v) is 4.82. The van der Waals surface area contributed by atoms with Gasteiger partial charge < -0.3 is 0 Å². The predicted octanol–water partition coefficient (Wildman–Crippen LogP) is 2.39. The molecule has 0 aliphatic rings. The number of rotatable bonds is 4. The summed E-state index contributed by atoms with van der Waals surface area (Å²) in [5.74, 6) is 0.0792. The van der Waals surface area contributed by atoms with Gasteiger partial charge in [0.05, 0.1) is 0 Å². The molecule has 0 heterocycles. The van der Waals surface area contributed by atoms with Gasteiger partial charge in [-0.3, -0.25) is 4.79 Å². The molecule has 0 N–H and O–H groups in total. The molecule has 0 aromatic heterocycles. The Bertz CT molecular complexity index is 532. The summed E-state index contributed by atoms with van der Waals surface area (Å²) in [5.41, 5.74) is 3.35. The number of ketones is 1. The van der Waals surface area contributed by atoms with E-state index < -0.39 is 0 Å². The highest BCUT2D eigenvalue weighted by Crippen LogP contribution is 2.07. The zero-order valence-corrected chi connectivity index (χ0v) is 10.4. The molecule has 0 aliphatic heterocycles. The SMILES string of the molecule is C=C[Si]c1ccccc1C(=O)c1ccccc1. The predicted molar refractivity (Wildman–Crippen MR) is 71.9 cm³/mol. The maximum absolute atomic E-state index is 12.3. The van der Waals surface area contributed by atoms with Crippen molar-refractivity contribution in [2.45, 2.75) is 0 Å². The molecule has 0 spiro atoms. The summed E-state index contributed by atoms with van der Waals surface area (Å²) in [6.45, 7) is 3.73. The van der Waals surface area contributed by atoms with E-state index >= 15 is 0 Å². The molecule has 2 aromatic carbocycles. The topological polar surface area (TPSA) is 17.1 Å². The third kappa shape index (κ3) is 2.60. The smallest absolute Gasteiger partial charge is 0.192 e. The first kappa shape index (κ1) is 11.5. The average molecular weight is 236 g/mol. The Morgan fingerprint density at radius 2 is 1.65 bits per heavy atom. The van der Waals surface area contributed by atoms with Crippen LogP contribution in [0.2, 0.25) is 0 Å². The van der Waals surface area contributed by atoms with E-state index in [0.717, 1.165) is 16.3 Å². The van der Waals surface area contributed by atoms with Crippen LogP contribution in [0.25, 0.3) is 0 Å². The first-order valence-corrected chi connectivity index (χ1v) is 6.47. The molecular formula is C15H12OSi. The fourth-order valence-electron chi connectivity index (χ4n) is 1.66. The first-order chi connectivity index (χ1) is 8.33. The van der Waals surface area contributed by atoms with Crippen LogP contribution in [0.3, 0.4) is 0 Å². The van der Waals surface area contributed by atoms with Gasteiger partial charge in [-0.2, -0.15) is 0 Å². The third-order valence-corrected chi connectivity index (χ3v) is 3.42. The molecule has 0 amide bonds. The Kier molecular flexibility index (Phi) is 3.68. The summed E-state index contributed by atoms with van der Waals surface area (Å²) in [6, 6.07) is 17.1. The molecule has 0 bridgehead atoms. The van der Waals surface area contributed by atoms with E-state index in [9.17, 15) is 4.79 Å². The van der Waals surface area contributed by atoms with Gasteiger partial charge in [0, 0.05) is 11.1 Å². The number of hydrogen-bond donors (Lipinski definition) is 0. The number of carbonyl (C=O) groups excluding carboxylic acids is 1. The Labute approximate surface area is 104 Å². The van der Waals surface area contributed by atoms with Crippen molar-refractivity contribution in [1.82, 2.24) is 0 Å². The maximum atomic E-state index is 12.3. The highest BCUT2D eigenvalue weighted by Gasteiger charge is 2.11. The second kappa shape index (κ2) is 5.41. The maximum Gasteiger partial charge on any atom is 0.192 e. The van der Waals surface area contributed by atoms with Gasteiger partial charge in [-0.1, -0.05) is 54.6 Å². The lowest BCUT2D eigenvalue weighted by atomic mass is 10.0. The van der Waals surface area contributed by atoms with E-state index in [4.69, 9.17) is 0 Å².